The molecule has 0 aromatic heterocycles. The van der Waals surface area contributed by atoms with E-state index in [0.717, 1.165) is 17.5 Å². The highest BCUT2D eigenvalue weighted by atomic mass is 16.5. The highest BCUT2D eigenvalue weighted by Crippen LogP contribution is 2.22. The van der Waals surface area contributed by atoms with Gasteiger partial charge in [0, 0.05) is 6.04 Å². The molecule has 88 valence electrons. The molecule has 0 saturated heterocycles. The molecule has 0 bridgehead atoms. The number of hydrogen-bond donors (Lipinski definition) is 1. The van der Waals surface area contributed by atoms with E-state index in [9.17, 15) is 4.79 Å². The van der Waals surface area contributed by atoms with E-state index in [-0.39, 0.29) is 12.0 Å². The lowest BCUT2D eigenvalue weighted by Gasteiger charge is -2.16. The van der Waals surface area contributed by atoms with Crippen molar-refractivity contribution in [1.82, 2.24) is 0 Å². The summed E-state index contributed by atoms with van der Waals surface area (Å²) in [6, 6.07) is 5.49. The molecule has 1 unspecified atom stereocenters. The Morgan fingerprint density at radius 2 is 2.12 bits per heavy atom. The molecule has 0 spiro atoms. The summed E-state index contributed by atoms with van der Waals surface area (Å²) in [6.45, 7) is 6.12. The van der Waals surface area contributed by atoms with Gasteiger partial charge in [-0.3, -0.25) is 0 Å². The number of esters is 1. The van der Waals surface area contributed by atoms with Crippen LogP contribution in [0.15, 0.2) is 18.2 Å². The second-order valence-corrected chi connectivity index (χ2v) is 3.74. The van der Waals surface area contributed by atoms with Crippen molar-refractivity contribution in [2.24, 2.45) is 5.73 Å². The third-order valence-corrected chi connectivity index (χ3v) is 2.53. The van der Waals surface area contributed by atoms with E-state index in [1.165, 1.54) is 0 Å². The fourth-order valence-corrected chi connectivity index (χ4v) is 1.85. The minimum atomic E-state index is -0.287. The van der Waals surface area contributed by atoms with Crippen LogP contribution in [0.4, 0.5) is 0 Å². The van der Waals surface area contributed by atoms with Crippen molar-refractivity contribution >= 4 is 5.97 Å². The normalized spacial score (nSPS) is 12.2. The number of aryl methyl sites for hydroxylation is 1. The van der Waals surface area contributed by atoms with E-state index in [1.807, 2.05) is 19.1 Å². The number of benzene rings is 1. The molecular formula is C13H19NO2. The van der Waals surface area contributed by atoms with Gasteiger partial charge in [0.05, 0.1) is 12.2 Å². The van der Waals surface area contributed by atoms with Crippen LogP contribution in [0.2, 0.25) is 0 Å². The van der Waals surface area contributed by atoms with Crippen LogP contribution in [-0.4, -0.2) is 12.6 Å². The lowest BCUT2D eigenvalue weighted by molar-refractivity contribution is 0.0524. The van der Waals surface area contributed by atoms with Gasteiger partial charge in [-0.25, -0.2) is 4.79 Å². The quantitative estimate of drug-likeness (QED) is 0.794. The molecule has 3 heteroatoms. The third-order valence-electron chi connectivity index (χ3n) is 2.53. The highest BCUT2D eigenvalue weighted by Gasteiger charge is 2.17. The number of nitrogens with two attached hydrogens (primary N) is 1. The van der Waals surface area contributed by atoms with Crippen LogP contribution in [0.3, 0.4) is 0 Å². The summed E-state index contributed by atoms with van der Waals surface area (Å²) in [5, 5.41) is 0. The molecule has 0 heterocycles. The maximum Gasteiger partial charge on any atom is 0.338 e. The molecule has 1 aromatic carbocycles. The van der Waals surface area contributed by atoms with Crippen molar-refractivity contribution in [2.45, 2.75) is 33.2 Å². The Balaban J connectivity index is 3.22. The van der Waals surface area contributed by atoms with Gasteiger partial charge in [0.15, 0.2) is 0 Å². The topological polar surface area (TPSA) is 52.3 Å². The van der Waals surface area contributed by atoms with Gasteiger partial charge in [0.1, 0.15) is 0 Å². The predicted octanol–water partition coefficient (Wildman–Crippen LogP) is 2.45. The van der Waals surface area contributed by atoms with Gasteiger partial charge in [-0.05, 0) is 37.5 Å². The average Bonchev–Trinajstić information content (AvgIpc) is 2.28. The minimum absolute atomic E-state index is 0.157. The summed E-state index contributed by atoms with van der Waals surface area (Å²) in [7, 11) is 0. The van der Waals surface area contributed by atoms with Crippen LogP contribution in [0.25, 0.3) is 0 Å². The maximum absolute atomic E-state index is 11.8. The van der Waals surface area contributed by atoms with Crippen molar-refractivity contribution in [3.8, 4) is 0 Å². The monoisotopic (exact) mass is 221 g/mol. The maximum atomic E-state index is 11.8. The largest absolute Gasteiger partial charge is 0.462 e. The first-order chi connectivity index (χ1) is 7.61. The number of carbonyl (C=O) groups excluding carboxylic acids is 1. The fourth-order valence-electron chi connectivity index (χ4n) is 1.85. The molecule has 1 rings (SSSR count). The van der Waals surface area contributed by atoms with Crippen molar-refractivity contribution < 1.29 is 9.53 Å². The van der Waals surface area contributed by atoms with E-state index >= 15 is 0 Å². The van der Waals surface area contributed by atoms with E-state index < -0.39 is 0 Å². The first kappa shape index (κ1) is 12.7. The molecule has 1 aromatic rings. The van der Waals surface area contributed by atoms with Crippen LogP contribution in [-0.2, 0) is 11.2 Å². The molecule has 3 nitrogen and oxygen atoms in total. The van der Waals surface area contributed by atoms with Gasteiger partial charge < -0.3 is 10.5 Å². The second kappa shape index (κ2) is 5.66. The zero-order valence-corrected chi connectivity index (χ0v) is 10.1. The lowest BCUT2D eigenvalue weighted by atomic mass is 9.94. The van der Waals surface area contributed by atoms with E-state index in [1.54, 1.807) is 13.0 Å². The molecule has 0 aliphatic rings. The zero-order chi connectivity index (χ0) is 12.1. The van der Waals surface area contributed by atoms with Gasteiger partial charge in [-0.1, -0.05) is 19.1 Å². The average molecular weight is 221 g/mol. The smallest absolute Gasteiger partial charge is 0.338 e. The van der Waals surface area contributed by atoms with Crippen molar-refractivity contribution in [3.05, 3.63) is 34.9 Å². The molecule has 0 amide bonds. The van der Waals surface area contributed by atoms with Crippen LogP contribution in [0.1, 0.15) is 48.3 Å². The van der Waals surface area contributed by atoms with Crippen LogP contribution < -0.4 is 5.73 Å². The van der Waals surface area contributed by atoms with Crippen molar-refractivity contribution in [3.63, 3.8) is 0 Å². The molecule has 1 atom stereocenters. The van der Waals surface area contributed by atoms with Crippen LogP contribution in [0.5, 0.6) is 0 Å². The first-order valence-corrected chi connectivity index (χ1v) is 5.66. The Morgan fingerprint density at radius 1 is 1.44 bits per heavy atom. The van der Waals surface area contributed by atoms with E-state index in [4.69, 9.17) is 10.5 Å². The fraction of sp³-hybridized carbons (Fsp3) is 0.462. The Morgan fingerprint density at radius 3 is 2.62 bits per heavy atom. The van der Waals surface area contributed by atoms with Crippen LogP contribution >= 0.6 is 0 Å². The summed E-state index contributed by atoms with van der Waals surface area (Å²) in [4.78, 5) is 11.8. The molecule has 0 aliphatic carbocycles. The molecule has 0 saturated carbocycles. The Labute approximate surface area is 96.6 Å². The molecular weight excluding hydrogens is 202 g/mol. The standard InChI is InChI=1S/C13H19NO2/c1-4-10-7-6-8-11(12(10)9(3)14)13(15)16-5-2/h6-9H,4-5,14H2,1-3H3. The van der Waals surface area contributed by atoms with Crippen molar-refractivity contribution in [2.75, 3.05) is 6.61 Å². The zero-order valence-electron chi connectivity index (χ0n) is 10.1. The third kappa shape index (κ3) is 2.61. The number of ether oxygens (including phenoxy) is 1. The van der Waals surface area contributed by atoms with Crippen LogP contribution in [0, 0.1) is 0 Å². The molecule has 0 radical (unpaired) electrons. The van der Waals surface area contributed by atoms with E-state index in [2.05, 4.69) is 6.92 Å². The molecule has 0 fully saturated rings. The molecule has 0 aliphatic heterocycles. The van der Waals surface area contributed by atoms with Gasteiger partial charge in [0.25, 0.3) is 0 Å². The van der Waals surface area contributed by atoms with Gasteiger partial charge in [0.2, 0.25) is 0 Å². The SMILES string of the molecule is CCOC(=O)c1cccc(CC)c1C(C)N. The second-order valence-electron chi connectivity index (χ2n) is 3.74. The van der Waals surface area contributed by atoms with Gasteiger partial charge >= 0.3 is 5.97 Å². The number of rotatable bonds is 4. The van der Waals surface area contributed by atoms with E-state index in [0.29, 0.717) is 12.2 Å². The van der Waals surface area contributed by atoms with Crippen molar-refractivity contribution in [1.29, 1.82) is 0 Å². The number of carbonyl (C=O) groups is 1. The molecule has 16 heavy (non-hydrogen) atoms. The summed E-state index contributed by atoms with van der Waals surface area (Å²) < 4.78 is 5.02. The summed E-state index contributed by atoms with van der Waals surface area (Å²) in [5.41, 5.74) is 8.53. The summed E-state index contributed by atoms with van der Waals surface area (Å²) in [5.74, 6) is -0.287. The number of hydrogen-bond acceptors (Lipinski definition) is 3. The first-order valence-electron chi connectivity index (χ1n) is 5.66. The Hall–Kier alpha value is -1.35. The Bertz CT molecular complexity index is 372. The summed E-state index contributed by atoms with van der Waals surface area (Å²) >= 11 is 0. The van der Waals surface area contributed by atoms with Gasteiger partial charge in [-0.15, -0.1) is 0 Å². The summed E-state index contributed by atoms with van der Waals surface area (Å²) in [6.07, 6.45) is 0.865. The predicted molar refractivity (Wildman–Crippen MR) is 64.4 cm³/mol. The minimum Gasteiger partial charge on any atom is -0.462 e. The lowest BCUT2D eigenvalue weighted by Crippen LogP contribution is -2.16. The highest BCUT2D eigenvalue weighted by molar-refractivity contribution is 5.91. The Kier molecular flexibility index (Phi) is 4.50. The molecule has 2 N–H and O–H groups in total. The van der Waals surface area contributed by atoms with Gasteiger partial charge in [-0.2, -0.15) is 0 Å².